The van der Waals surface area contributed by atoms with Gasteiger partial charge in [0.15, 0.2) is 0 Å². The Kier molecular flexibility index (Phi) is 6.56. The molecule has 2 nitrogen and oxygen atoms in total. The Labute approximate surface area is 132 Å². The number of alkyl halides is 1. The topological polar surface area (TPSA) is 12.5 Å². The van der Waals surface area contributed by atoms with Crippen LogP contribution in [0.5, 0.6) is 0 Å². The summed E-state index contributed by atoms with van der Waals surface area (Å²) in [6.45, 7) is 3.03. The third-order valence-corrected chi connectivity index (χ3v) is 3.95. The highest BCUT2D eigenvalue weighted by molar-refractivity contribution is 5.31. The van der Waals surface area contributed by atoms with Crippen LogP contribution >= 0.6 is 0 Å². The van der Waals surface area contributed by atoms with Crippen LogP contribution in [0.2, 0.25) is 0 Å². The van der Waals surface area contributed by atoms with Gasteiger partial charge in [-0.2, -0.15) is 0 Å². The van der Waals surface area contributed by atoms with Crippen LogP contribution in [0.3, 0.4) is 0 Å². The van der Waals surface area contributed by atoms with Crippen molar-refractivity contribution in [1.82, 2.24) is 4.90 Å². The number of likely N-dealkylation sites (N-methyl/N-ethyl adjacent to an activating group) is 1. The molecule has 2 aromatic carbocycles. The molecule has 0 N–H and O–H groups in total. The Morgan fingerprint density at radius 3 is 1.82 bits per heavy atom. The Balaban J connectivity index is 2.34. The minimum absolute atomic E-state index is 0.108. The summed E-state index contributed by atoms with van der Waals surface area (Å²) in [5, 5.41) is 0. The first-order valence-corrected chi connectivity index (χ1v) is 7.72. The van der Waals surface area contributed by atoms with Gasteiger partial charge in [-0.15, -0.1) is 0 Å². The van der Waals surface area contributed by atoms with E-state index in [1.54, 1.807) is 7.11 Å². The number of hydrogen-bond donors (Lipinski definition) is 0. The van der Waals surface area contributed by atoms with Gasteiger partial charge in [0.25, 0.3) is 0 Å². The van der Waals surface area contributed by atoms with E-state index in [9.17, 15) is 4.39 Å². The molecule has 0 unspecified atom stereocenters. The van der Waals surface area contributed by atoms with Gasteiger partial charge in [-0.05, 0) is 17.7 Å². The summed E-state index contributed by atoms with van der Waals surface area (Å²) in [6, 6.07) is 20.8. The zero-order valence-electron chi connectivity index (χ0n) is 13.3. The SMILES string of the molecule is CCN(C[C@@H](CF)OC)C(c1ccccc1)c1ccccc1. The molecule has 0 aliphatic carbocycles. The Morgan fingerprint density at radius 1 is 0.955 bits per heavy atom. The van der Waals surface area contributed by atoms with Crippen molar-refractivity contribution in [3.63, 3.8) is 0 Å². The zero-order chi connectivity index (χ0) is 15.8. The van der Waals surface area contributed by atoms with Crippen molar-refractivity contribution in [2.24, 2.45) is 0 Å². The predicted molar refractivity (Wildman–Crippen MR) is 88.7 cm³/mol. The maximum Gasteiger partial charge on any atom is 0.117 e. The fourth-order valence-electron chi connectivity index (χ4n) is 2.75. The molecule has 118 valence electrons. The molecule has 0 aromatic heterocycles. The van der Waals surface area contributed by atoms with E-state index in [1.165, 1.54) is 11.1 Å². The van der Waals surface area contributed by atoms with Crippen LogP contribution < -0.4 is 0 Å². The number of methoxy groups -OCH3 is 1. The van der Waals surface area contributed by atoms with Gasteiger partial charge in [0.1, 0.15) is 6.67 Å². The number of rotatable bonds is 8. The van der Waals surface area contributed by atoms with E-state index in [1.807, 2.05) is 36.4 Å². The fourth-order valence-corrected chi connectivity index (χ4v) is 2.75. The fraction of sp³-hybridized carbons (Fsp3) is 0.368. The summed E-state index contributed by atoms with van der Waals surface area (Å²) in [7, 11) is 1.57. The Hall–Kier alpha value is -1.71. The van der Waals surface area contributed by atoms with Gasteiger partial charge < -0.3 is 4.74 Å². The molecule has 0 saturated carbocycles. The van der Waals surface area contributed by atoms with E-state index in [4.69, 9.17) is 4.74 Å². The molecule has 3 heteroatoms. The van der Waals surface area contributed by atoms with E-state index < -0.39 is 12.8 Å². The van der Waals surface area contributed by atoms with Crippen molar-refractivity contribution in [2.75, 3.05) is 26.9 Å². The number of nitrogens with zero attached hydrogens (tertiary/aromatic N) is 1. The molecule has 0 amide bonds. The Morgan fingerprint density at radius 2 is 1.45 bits per heavy atom. The minimum Gasteiger partial charge on any atom is -0.377 e. The summed E-state index contributed by atoms with van der Waals surface area (Å²) in [4.78, 5) is 2.26. The van der Waals surface area contributed by atoms with Gasteiger partial charge in [0, 0.05) is 13.7 Å². The summed E-state index contributed by atoms with van der Waals surface area (Å²) >= 11 is 0. The van der Waals surface area contributed by atoms with Crippen LogP contribution in [0.4, 0.5) is 4.39 Å². The van der Waals surface area contributed by atoms with Gasteiger partial charge >= 0.3 is 0 Å². The number of hydrogen-bond acceptors (Lipinski definition) is 2. The first-order chi connectivity index (χ1) is 10.8. The van der Waals surface area contributed by atoms with Gasteiger partial charge in [-0.25, -0.2) is 4.39 Å². The highest BCUT2D eigenvalue weighted by Gasteiger charge is 2.23. The van der Waals surface area contributed by atoms with Crippen LogP contribution in [-0.4, -0.2) is 37.9 Å². The third kappa shape index (κ3) is 4.15. The number of benzene rings is 2. The molecular formula is C19H24FNO. The maximum atomic E-state index is 13.1. The molecule has 0 spiro atoms. The van der Waals surface area contributed by atoms with Gasteiger partial charge in [-0.3, -0.25) is 4.90 Å². The molecule has 2 aromatic rings. The smallest absolute Gasteiger partial charge is 0.117 e. The lowest BCUT2D eigenvalue weighted by Gasteiger charge is -2.33. The van der Waals surface area contributed by atoms with E-state index in [0.29, 0.717) is 6.54 Å². The van der Waals surface area contributed by atoms with Crippen molar-refractivity contribution >= 4 is 0 Å². The monoisotopic (exact) mass is 301 g/mol. The lowest BCUT2D eigenvalue weighted by molar-refractivity contribution is 0.0390. The molecular weight excluding hydrogens is 277 g/mol. The highest BCUT2D eigenvalue weighted by atomic mass is 19.1. The van der Waals surface area contributed by atoms with Crippen LogP contribution in [-0.2, 0) is 4.74 Å². The second-order valence-electron chi connectivity index (χ2n) is 5.32. The second-order valence-corrected chi connectivity index (χ2v) is 5.32. The summed E-state index contributed by atoms with van der Waals surface area (Å²) < 4.78 is 18.3. The van der Waals surface area contributed by atoms with E-state index in [-0.39, 0.29) is 6.04 Å². The quantitative estimate of drug-likeness (QED) is 0.728. The molecule has 0 radical (unpaired) electrons. The van der Waals surface area contributed by atoms with E-state index in [0.717, 1.165) is 6.54 Å². The largest absolute Gasteiger partial charge is 0.377 e. The molecule has 0 aliphatic rings. The predicted octanol–water partition coefficient (Wildman–Crippen LogP) is 4.08. The third-order valence-electron chi connectivity index (χ3n) is 3.95. The van der Waals surface area contributed by atoms with E-state index >= 15 is 0 Å². The molecule has 0 heterocycles. The van der Waals surface area contributed by atoms with Crippen LogP contribution in [0, 0.1) is 0 Å². The van der Waals surface area contributed by atoms with Crippen molar-refractivity contribution in [1.29, 1.82) is 0 Å². The van der Waals surface area contributed by atoms with Crippen molar-refractivity contribution in [3.05, 3.63) is 71.8 Å². The number of ether oxygens (including phenoxy) is 1. The van der Waals surface area contributed by atoms with Crippen LogP contribution in [0.1, 0.15) is 24.1 Å². The number of halogens is 1. The lowest BCUT2D eigenvalue weighted by Crippen LogP contribution is -2.37. The first-order valence-electron chi connectivity index (χ1n) is 7.72. The molecule has 0 saturated heterocycles. The lowest BCUT2D eigenvalue weighted by atomic mass is 9.96. The molecule has 0 bridgehead atoms. The maximum absolute atomic E-state index is 13.1. The normalized spacial score (nSPS) is 12.8. The molecule has 2 rings (SSSR count). The highest BCUT2D eigenvalue weighted by Crippen LogP contribution is 2.28. The van der Waals surface area contributed by atoms with Crippen molar-refractivity contribution < 1.29 is 9.13 Å². The molecule has 0 fully saturated rings. The van der Waals surface area contributed by atoms with Gasteiger partial charge in [-0.1, -0.05) is 67.6 Å². The average molecular weight is 301 g/mol. The summed E-state index contributed by atoms with van der Waals surface area (Å²) in [6.07, 6.45) is -0.394. The van der Waals surface area contributed by atoms with Crippen molar-refractivity contribution in [3.8, 4) is 0 Å². The van der Waals surface area contributed by atoms with Gasteiger partial charge in [0.05, 0.1) is 12.1 Å². The molecule has 22 heavy (non-hydrogen) atoms. The van der Waals surface area contributed by atoms with E-state index in [2.05, 4.69) is 36.1 Å². The molecule has 1 atom stereocenters. The standard InChI is InChI=1S/C19H24FNO/c1-3-21(15-18(14-20)22-2)19(16-10-6-4-7-11-16)17-12-8-5-9-13-17/h4-13,18-19H,3,14-15H2,1-2H3/t18-/m1/s1. The zero-order valence-corrected chi connectivity index (χ0v) is 13.3. The van der Waals surface area contributed by atoms with Crippen LogP contribution in [0.15, 0.2) is 60.7 Å². The summed E-state index contributed by atoms with van der Waals surface area (Å²) in [5.74, 6) is 0. The first kappa shape index (κ1) is 16.7. The molecule has 0 aliphatic heterocycles. The Bertz CT molecular complexity index is 488. The van der Waals surface area contributed by atoms with Crippen molar-refractivity contribution in [2.45, 2.75) is 19.1 Å². The second kappa shape index (κ2) is 8.66. The van der Waals surface area contributed by atoms with Gasteiger partial charge in [0.2, 0.25) is 0 Å². The minimum atomic E-state index is -0.469. The van der Waals surface area contributed by atoms with Crippen LogP contribution in [0.25, 0.3) is 0 Å². The average Bonchev–Trinajstić information content (AvgIpc) is 2.60. The summed E-state index contributed by atoms with van der Waals surface area (Å²) in [5.41, 5.74) is 2.42.